The van der Waals surface area contributed by atoms with Crippen LogP contribution in [0.4, 0.5) is 4.79 Å². The van der Waals surface area contributed by atoms with Crippen LogP contribution in [0.2, 0.25) is 0 Å². The van der Waals surface area contributed by atoms with Gasteiger partial charge in [-0.05, 0) is 33.6 Å². The molecule has 0 saturated heterocycles. The number of amides is 1. The van der Waals surface area contributed by atoms with Crippen LogP contribution >= 0.6 is 0 Å². The van der Waals surface area contributed by atoms with Gasteiger partial charge in [0.15, 0.2) is 0 Å². The van der Waals surface area contributed by atoms with Gasteiger partial charge in [0.25, 0.3) is 0 Å². The van der Waals surface area contributed by atoms with Gasteiger partial charge in [-0.15, -0.1) is 0 Å². The number of aromatic nitrogens is 2. The number of fused-ring (bicyclic) bond motifs is 1. The van der Waals surface area contributed by atoms with Crippen molar-refractivity contribution >= 4 is 6.09 Å². The second-order valence-corrected chi connectivity index (χ2v) is 7.23. The molecule has 25 heavy (non-hydrogen) atoms. The Labute approximate surface area is 148 Å². The van der Waals surface area contributed by atoms with E-state index >= 15 is 0 Å². The summed E-state index contributed by atoms with van der Waals surface area (Å²) in [7, 11) is 0. The molecule has 1 aromatic heterocycles. The molecular weight excluding hydrogens is 314 g/mol. The number of ether oxygens (including phenoxy) is 1. The van der Waals surface area contributed by atoms with Crippen molar-refractivity contribution in [1.82, 2.24) is 14.9 Å². The molecule has 1 N–H and O–H groups in total. The monoisotopic (exact) mass is 339 g/mol. The van der Waals surface area contributed by atoms with E-state index < -0.39 is 11.7 Å². The summed E-state index contributed by atoms with van der Waals surface area (Å²) in [5.41, 5.74) is 2.47. The third-order valence-corrected chi connectivity index (χ3v) is 4.02. The lowest BCUT2D eigenvalue weighted by atomic mass is 10.0. The Kier molecular flexibility index (Phi) is 4.93. The maximum absolute atomic E-state index is 12.3. The van der Waals surface area contributed by atoms with Crippen LogP contribution in [-0.2, 0) is 11.3 Å². The van der Waals surface area contributed by atoms with Gasteiger partial charge in [-0.25, -0.2) is 9.78 Å². The number of benzene rings is 1. The van der Waals surface area contributed by atoms with Gasteiger partial charge in [-0.2, -0.15) is 0 Å². The zero-order valence-electron chi connectivity index (χ0n) is 15.0. The molecule has 1 atom stereocenters. The predicted octanol–water partition coefficient (Wildman–Crippen LogP) is 4.47. The number of allylic oxidation sites excluding steroid dienone is 1. The number of aryl methyl sites for hydroxylation is 1. The fourth-order valence-electron chi connectivity index (χ4n) is 3.01. The fraction of sp³-hybridized carbons (Fsp3) is 0.400. The molecule has 2 heterocycles. The molecule has 0 radical (unpaired) electrons. The third kappa shape index (κ3) is 4.29. The van der Waals surface area contributed by atoms with E-state index in [1.165, 1.54) is 0 Å². The van der Waals surface area contributed by atoms with Crippen LogP contribution in [0.15, 0.2) is 48.8 Å². The van der Waals surface area contributed by atoms with E-state index in [0.717, 1.165) is 29.9 Å². The molecule has 0 aliphatic carbocycles. The SMILES string of the molecule is CC(C)(C)OC(=O)NC1C/C=C\CCn2cnc(-c3ccccc3)c21. The van der Waals surface area contributed by atoms with Crippen LogP contribution in [-0.4, -0.2) is 21.2 Å². The molecule has 5 nitrogen and oxygen atoms in total. The molecule has 1 aliphatic rings. The molecule has 0 fully saturated rings. The average molecular weight is 339 g/mol. The van der Waals surface area contributed by atoms with Crippen LogP contribution in [0.3, 0.4) is 0 Å². The number of imidazole rings is 1. The Morgan fingerprint density at radius 2 is 2.00 bits per heavy atom. The first-order chi connectivity index (χ1) is 11.9. The number of nitrogens with zero attached hydrogens (tertiary/aromatic N) is 2. The van der Waals surface area contributed by atoms with Crippen LogP contribution in [0.1, 0.15) is 45.3 Å². The van der Waals surface area contributed by atoms with E-state index in [0.29, 0.717) is 6.42 Å². The summed E-state index contributed by atoms with van der Waals surface area (Å²) in [6.07, 6.45) is 7.39. The summed E-state index contributed by atoms with van der Waals surface area (Å²) < 4.78 is 7.58. The molecule has 1 aliphatic heterocycles. The molecule has 5 heteroatoms. The normalized spacial score (nSPS) is 18.6. The molecule has 1 amide bonds. The fourth-order valence-corrected chi connectivity index (χ4v) is 3.01. The van der Waals surface area contributed by atoms with E-state index in [4.69, 9.17) is 4.74 Å². The van der Waals surface area contributed by atoms with E-state index in [1.54, 1.807) is 0 Å². The van der Waals surface area contributed by atoms with Gasteiger partial charge >= 0.3 is 6.09 Å². The van der Waals surface area contributed by atoms with Gasteiger partial charge in [0.2, 0.25) is 0 Å². The first kappa shape index (κ1) is 17.3. The molecule has 0 spiro atoms. The molecule has 1 aromatic carbocycles. The highest BCUT2D eigenvalue weighted by atomic mass is 16.6. The summed E-state index contributed by atoms with van der Waals surface area (Å²) in [6, 6.07) is 9.90. The smallest absolute Gasteiger partial charge is 0.408 e. The van der Waals surface area contributed by atoms with Crippen molar-refractivity contribution in [3.05, 3.63) is 54.5 Å². The lowest BCUT2D eigenvalue weighted by Crippen LogP contribution is -2.36. The lowest BCUT2D eigenvalue weighted by Gasteiger charge is -2.25. The van der Waals surface area contributed by atoms with Gasteiger partial charge in [0.1, 0.15) is 5.60 Å². The third-order valence-electron chi connectivity index (χ3n) is 4.02. The number of alkyl carbamates (subject to hydrolysis) is 1. The summed E-state index contributed by atoms with van der Waals surface area (Å²) in [4.78, 5) is 16.9. The highest BCUT2D eigenvalue weighted by Crippen LogP contribution is 2.30. The number of carbonyl (C=O) groups is 1. The van der Waals surface area contributed by atoms with Crippen LogP contribution < -0.4 is 5.32 Å². The second kappa shape index (κ2) is 7.13. The first-order valence-corrected chi connectivity index (χ1v) is 8.69. The number of nitrogens with one attached hydrogen (secondary N) is 1. The molecule has 0 bridgehead atoms. The summed E-state index contributed by atoms with van der Waals surface area (Å²) in [6.45, 7) is 6.44. The number of carbonyl (C=O) groups excluding carboxylic acids is 1. The van der Waals surface area contributed by atoms with Gasteiger partial charge in [-0.1, -0.05) is 42.5 Å². The topological polar surface area (TPSA) is 56.1 Å². The largest absolute Gasteiger partial charge is 0.444 e. The molecule has 132 valence electrons. The molecule has 0 saturated carbocycles. The van der Waals surface area contributed by atoms with Crippen molar-refractivity contribution in [3.8, 4) is 11.3 Å². The molecule has 3 rings (SSSR count). The summed E-state index contributed by atoms with van der Waals surface area (Å²) in [5, 5.41) is 3.02. The Balaban J connectivity index is 1.94. The maximum atomic E-state index is 12.3. The lowest BCUT2D eigenvalue weighted by molar-refractivity contribution is 0.0502. The average Bonchev–Trinajstić information content (AvgIpc) is 2.93. The van der Waals surface area contributed by atoms with E-state index in [1.807, 2.05) is 57.4 Å². The summed E-state index contributed by atoms with van der Waals surface area (Å²) >= 11 is 0. The van der Waals surface area contributed by atoms with Crippen molar-refractivity contribution in [3.63, 3.8) is 0 Å². The zero-order chi connectivity index (χ0) is 17.9. The Hall–Kier alpha value is -2.56. The van der Waals surface area contributed by atoms with Gasteiger partial charge in [0, 0.05) is 12.1 Å². The van der Waals surface area contributed by atoms with Gasteiger partial charge in [-0.3, -0.25) is 0 Å². The van der Waals surface area contributed by atoms with Crippen LogP contribution in [0.5, 0.6) is 0 Å². The Bertz CT molecular complexity index is 757. The maximum Gasteiger partial charge on any atom is 0.408 e. The van der Waals surface area contributed by atoms with Crippen molar-refractivity contribution in [2.75, 3.05) is 0 Å². The minimum Gasteiger partial charge on any atom is -0.444 e. The van der Waals surface area contributed by atoms with E-state index in [-0.39, 0.29) is 6.04 Å². The zero-order valence-corrected chi connectivity index (χ0v) is 15.0. The number of rotatable bonds is 2. The highest BCUT2D eigenvalue weighted by molar-refractivity contribution is 5.70. The molecule has 1 unspecified atom stereocenters. The number of hydrogen-bond donors (Lipinski definition) is 1. The van der Waals surface area contributed by atoms with E-state index in [9.17, 15) is 4.79 Å². The minimum absolute atomic E-state index is 0.177. The molecular formula is C20H25N3O2. The Morgan fingerprint density at radius 3 is 2.72 bits per heavy atom. The Morgan fingerprint density at radius 1 is 1.24 bits per heavy atom. The highest BCUT2D eigenvalue weighted by Gasteiger charge is 2.26. The predicted molar refractivity (Wildman–Crippen MR) is 98.1 cm³/mol. The van der Waals surface area contributed by atoms with Gasteiger partial charge in [0.05, 0.1) is 23.8 Å². The van der Waals surface area contributed by atoms with Crippen molar-refractivity contribution < 1.29 is 9.53 Å². The molecule has 2 aromatic rings. The van der Waals surface area contributed by atoms with Crippen LogP contribution in [0, 0.1) is 0 Å². The van der Waals surface area contributed by atoms with Crippen molar-refractivity contribution in [2.24, 2.45) is 0 Å². The van der Waals surface area contributed by atoms with E-state index in [2.05, 4.69) is 27.0 Å². The van der Waals surface area contributed by atoms with Gasteiger partial charge < -0.3 is 14.6 Å². The summed E-state index contributed by atoms with van der Waals surface area (Å²) in [5.74, 6) is 0. The first-order valence-electron chi connectivity index (χ1n) is 8.69. The number of hydrogen-bond acceptors (Lipinski definition) is 3. The van der Waals surface area contributed by atoms with Crippen LogP contribution in [0.25, 0.3) is 11.3 Å². The second-order valence-electron chi connectivity index (χ2n) is 7.23. The quantitative estimate of drug-likeness (QED) is 0.822. The van der Waals surface area contributed by atoms with Crippen molar-refractivity contribution in [1.29, 1.82) is 0 Å². The minimum atomic E-state index is -0.524. The van der Waals surface area contributed by atoms with Crippen molar-refractivity contribution in [2.45, 2.75) is 51.8 Å². The standard InChI is InChI=1S/C20H25N3O2/c1-20(2,3)25-19(24)22-16-12-8-5-9-13-23-14-21-17(18(16)23)15-10-6-4-7-11-15/h4-8,10-11,14,16H,9,12-13H2,1-3H3,(H,22,24)/b8-5-.